The van der Waals surface area contributed by atoms with Gasteiger partial charge >= 0.3 is 5.63 Å². The Morgan fingerprint density at radius 3 is 2.47 bits per heavy atom. The standard InChI is InChI=1S/C27H23O5/c1-5-6-17-13-21(29)31-26-22(17)25-18(11-12-27(3,4)32-25)24-23(26)19(28)14-20(30-24)16-9-7-15(2)8-10-16/h7-12,14H,5-6H2,1-4H3. The molecule has 5 rings (SSSR count). The summed E-state index contributed by atoms with van der Waals surface area (Å²) in [5.74, 6) is 0.994. The number of hydrogen-bond acceptors (Lipinski definition) is 5. The van der Waals surface area contributed by atoms with Crippen LogP contribution in [0.3, 0.4) is 0 Å². The summed E-state index contributed by atoms with van der Waals surface area (Å²) in [7, 11) is 0. The fourth-order valence-electron chi connectivity index (χ4n) is 4.18. The van der Waals surface area contributed by atoms with E-state index in [4.69, 9.17) is 13.6 Å². The summed E-state index contributed by atoms with van der Waals surface area (Å²) in [5, 5.41) is 0.854. The molecule has 1 radical (unpaired) electrons. The van der Waals surface area contributed by atoms with Crippen molar-refractivity contribution in [2.45, 2.75) is 46.1 Å². The maximum atomic E-state index is 13.4. The van der Waals surface area contributed by atoms with E-state index in [-0.39, 0.29) is 16.4 Å². The van der Waals surface area contributed by atoms with E-state index in [1.807, 2.05) is 64.1 Å². The average Bonchev–Trinajstić information content (AvgIpc) is 2.73. The van der Waals surface area contributed by atoms with Gasteiger partial charge in [0.25, 0.3) is 0 Å². The van der Waals surface area contributed by atoms with Crippen molar-refractivity contribution in [3.63, 3.8) is 0 Å². The first-order valence-corrected chi connectivity index (χ1v) is 10.8. The van der Waals surface area contributed by atoms with E-state index in [0.29, 0.717) is 40.0 Å². The van der Waals surface area contributed by atoms with Gasteiger partial charge in [0.1, 0.15) is 22.5 Å². The molecule has 2 aromatic carbocycles. The molecule has 0 aliphatic carbocycles. The van der Waals surface area contributed by atoms with Crippen LogP contribution in [0.15, 0.2) is 54.8 Å². The van der Waals surface area contributed by atoms with Crippen LogP contribution >= 0.6 is 0 Å². The number of benzene rings is 2. The van der Waals surface area contributed by atoms with E-state index in [0.717, 1.165) is 17.5 Å². The van der Waals surface area contributed by atoms with Crippen LogP contribution in [0, 0.1) is 13.0 Å². The molecular formula is C27H23O5. The van der Waals surface area contributed by atoms with Crippen molar-refractivity contribution in [2.24, 2.45) is 0 Å². The second-order valence-electron chi connectivity index (χ2n) is 8.77. The normalized spacial score (nSPS) is 14.5. The van der Waals surface area contributed by atoms with Gasteiger partial charge in [-0.25, -0.2) is 4.79 Å². The van der Waals surface area contributed by atoms with Gasteiger partial charge < -0.3 is 13.6 Å². The number of ether oxygens (including phenoxy) is 1. The minimum Gasteiger partial charge on any atom is -0.482 e. The van der Waals surface area contributed by atoms with Gasteiger partial charge in [0.2, 0.25) is 0 Å². The lowest BCUT2D eigenvalue weighted by Crippen LogP contribution is -2.28. The number of aryl methyl sites for hydroxylation is 2. The zero-order valence-corrected chi connectivity index (χ0v) is 18.5. The van der Waals surface area contributed by atoms with Crippen LogP contribution in [-0.2, 0) is 6.42 Å². The molecule has 0 atom stereocenters. The number of rotatable bonds is 3. The minimum absolute atomic E-state index is 0.196. The summed E-state index contributed by atoms with van der Waals surface area (Å²) in [6.07, 6.45) is 5.27. The van der Waals surface area contributed by atoms with E-state index in [9.17, 15) is 9.59 Å². The van der Waals surface area contributed by atoms with Crippen molar-refractivity contribution in [2.75, 3.05) is 0 Å². The molecule has 0 fully saturated rings. The third-order valence-electron chi connectivity index (χ3n) is 5.72. The van der Waals surface area contributed by atoms with Crippen LogP contribution in [0.1, 0.15) is 43.9 Å². The molecule has 1 aliphatic heterocycles. The Morgan fingerprint density at radius 1 is 1.00 bits per heavy atom. The van der Waals surface area contributed by atoms with Gasteiger partial charge in [0.05, 0.1) is 17.0 Å². The van der Waals surface area contributed by atoms with Crippen molar-refractivity contribution in [3.05, 3.63) is 79.8 Å². The topological polar surface area (TPSA) is 69.7 Å². The van der Waals surface area contributed by atoms with E-state index >= 15 is 0 Å². The quantitative estimate of drug-likeness (QED) is 0.305. The molecule has 4 aromatic rings. The van der Waals surface area contributed by atoms with Gasteiger partial charge in [-0.15, -0.1) is 0 Å². The van der Waals surface area contributed by atoms with Gasteiger partial charge in [0, 0.05) is 11.6 Å². The Kier molecular flexibility index (Phi) is 4.59. The summed E-state index contributed by atoms with van der Waals surface area (Å²) in [4.78, 5) is 25.7. The molecule has 0 saturated carbocycles. The zero-order valence-electron chi connectivity index (χ0n) is 18.5. The van der Waals surface area contributed by atoms with Gasteiger partial charge in [-0.2, -0.15) is 0 Å². The lowest BCUT2D eigenvalue weighted by Gasteiger charge is -2.29. The fraction of sp³-hybridized carbons (Fsp3) is 0.259. The molecule has 0 spiro atoms. The first-order valence-electron chi connectivity index (χ1n) is 10.8. The summed E-state index contributed by atoms with van der Waals surface area (Å²) >= 11 is 0. The Balaban J connectivity index is 1.96. The summed E-state index contributed by atoms with van der Waals surface area (Å²) in [6, 6.07) is 12.0. The van der Waals surface area contributed by atoms with Crippen LogP contribution in [0.2, 0.25) is 0 Å². The molecule has 2 aromatic heterocycles. The van der Waals surface area contributed by atoms with E-state index < -0.39 is 11.2 Å². The van der Waals surface area contributed by atoms with E-state index in [2.05, 4.69) is 6.07 Å². The Labute approximate surface area is 184 Å². The van der Waals surface area contributed by atoms with Crippen molar-refractivity contribution in [1.82, 2.24) is 0 Å². The molecule has 5 nitrogen and oxygen atoms in total. The number of hydrogen-bond donors (Lipinski definition) is 0. The Morgan fingerprint density at radius 2 is 1.75 bits per heavy atom. The first-order chi connectivity index (χ1) is 15.3. The Hall–Kier alpha value is -3.60. The molecular weight excluding hydrogens is 404 g/mol. The SMILES string of the molecule is CCCc1[c]c(=O)oc2c1c1c(c3oc(-c4ccc(C)cc4)cc(=O)c32)C=CC(C)(C)O1. The molecule has 0 saturated heterocycles. The van der Waals surface area contributed by atoms with Crippen molar-refractivity contribution >= 4 is 28.0 Å². The smallest absolute Gasteiger partial charge is 0.344 e. The van der Waals surface area contributed by atoms with Gasteiger partial charge in [-0.05, 0) is 44.9 Å². The monoisotopic (exact) mass is 427 g/mol. The molecule has 0 unspecified atom stereocenters. The van der Waals surface area contributed by atoms with Crippen LogP contribution in [0.25, 0.3) is 39.3 Å². The molecule has 161 valence electrons. The van der Waals surface area contributed by atoms with Crippen LogP contribution in [0.5, 0.6) is 5.75 Å². The van der Waals surface area contributed by atoms with Crippen LogP contribution in [0.4, 0.5) is 0 Å². The highest BCUT2D eigenvalue weighted by atomic mass is 16.5. The fourth-order valence-corrected chi connectivity index (χ4v) is 4.18. The molecule has 5 heteroatoms. The van der Waals surface area contributed by atoms with Gasteiger partial charge in [0.15, 0.2) is 16.6 Å². The predicted octanol–water partition coefficient (Wildman–Crippen LogP) is 5.81. The number of fused-ring (bicyclic) bond motifs is 6. The molecule has 3 heterocycles. The van der Waals surface area contributed by atoms with E-state index in [1.54, 1.807) is 0 Å². The van der Waals surface area contributed by atoms with E-state index in [1.165, 1.54) is 6.07 Å². The highest BCUT2D eigenvalue weighted by Crippen LogP contribution is 2.44. The molecule has 1 aliphatic rings. The molecule has 0 amide bonds. The minimum atomic E-state index is -0.616. The largest absolute Gasteiger partial charge is 0.482 e. The average molecular weight is 427 g/mol. The Bertz CT molecular complexity index is 1520. The van der Waals surface area contributed by atoms with Crippen molar-refractivity contribution in [1.29, 1.82) is 0 Å². The summed E-state index contributed by atoms with van der Waals surface area (Å²) < 4.78 is 18.2. The second kappa shape index (κ2) is 7.23. The van der Waals surface area contributed by atoms with Crippen molar-refractivity contribution in [3.8, 4) is 17.1 Å². The molecule has 32 heavy (non-hydrogen) atoms. The van der Waals surface area contributed by atoms with Gasteiger partial charge in [-0.1, -0.05) is 43.2 Å². The third-order valence-corrected chi connectivity index (χ3v) is 5.72. The third kappa shape index (κ3) is 3.25. The first kappa shape index (κ1) is 20.3. The van der Waals surface area contributed by atoms with Crippen molar-refractivity contribution < 1.29 is 13.6 Å². The molecule has 0 bridgehead atoms. The van der Waals surface area contributed by atoms with Crippen LogP contribution in [-0.4, -0.2) is 5.60 Å². The summed E-state index contributed by atoms with van der Waals surface area (Å²) in [5.41, 5.74) is 2.34. The summed E-state index contributed by atoms with van der Waals surface area (Å²) in [6.45, 7) is 7.92. The maximum absolute atomic E-state index is 13.4. The highest BCUT2D eigenvalue weighted by Gasteiger charge is 2.30. The van der Waals surface area contributed by atoms with Crippen LogP contribution < -0.4 is 15.8 Å². The highest BCUT2D eigenvalue weighted by molar-refractivity contribution is 6.11. The van der Waals surface area contributed by atoms with Gasteiger partial charge in [-0.3, -0.25) is 4.79 Å². The lowest BCUT2D eigenvalue weighted by atomic mass is 9.94. The maximum Gasteiger partial charge on any atom is 0.344 e. The second-order valence-corrected chi connectivity index (χ2v) is 8.77. The molecule has 0 N–H and O–H groups in total. The lowest BCUT2D eigenvalue weighted by molar-refractivity contribution is 0.161. The zero-order chi connectivity index (χ0) is 22.6. The predicted molar refractivity (Wildman–Crippen MR) is 125 cm³/mol.